The van der Waals surface area contributed by atoms with Crippen molar-refractivity contribution in [2.24, 2.45) is 5.41 Å². The predicted octanol–water partition coefficient (Wildman–Crippen LogP) is 4.98. The molecule has 2 N–H and O–H groups in total. The van der Waals surface area contributed by atoms with Gasteiger partial charge in [0.2, 0.25) is 17.7 Å². The molecular formula is C33H35N9O4S. The third kappa shape index (κ3) is 7.12. The number of aryl methyl sites for hydroxylation is 2. The highest BCUT2D eigenvalue weighted by atomic mass is 32.2. The third-order valence-corrected chi connectivity index (χ3v) is 9.12. The summed E-state index contributed by atoms with van der Waals surface area (Å²) in [4.78, 5) is 29.6. The van der Waals surface area contributed by atoms with Crippen LogP contribution < -0.4 is 9.46 Å². The molecule has 4 heterocycles. The fraction of sp³-hybridized carbons (Fsp3) is 0.303. The van der Waals surface area contributed by atoms with Crippen molar-refractivity contribution in [3.8, 4) is 28.5 Å². The van der Waals surface area contributed by atoms with Crippen molar-refractivity contribution in [2.45, 2.75) is 58.5 Å². The number of rotatable bonds is 5. The Morgan fingerprint density at radius 3 is 2.43 bits per heavy atom. The summed E-state index contributed by atoms with van der Waals surface area (Å²) in [6.45, 7) is 10.4. The summed E-state index contributed by atoms with van der Waals surface area (Å²) >= 11 is 0. The molecule has 13 nitrogen and oxygen atoms in total. The molecule has 1 atom stereocenters. The number of H-pyrrole nitrogens is 1. The molecule has 47 heavy (non-hydrogen) atoms. The van der Waals surface area contributed by atoms with Gasteiger partial charge in [0.1, 0.15) is 6.61 Å². The van der Waals surface area contributed by atoms with E-state index in [4.69, 9.17) is 4.74 Å². The monoisotopic (exact) mass is 653 g/mol. The highest BCUT2D eigenvalue weighted by molar-refractivity contribution is 7.92. The molecule has 14 heteroatoms. The normalized spacial score (nSPS) is 16.3. The molecule has 1 aliphatic heterocycles. The Morgan fingerprint density at radius 2 is 1.74 bits per heavy atom. The van der Waals surface area contributed by atoms with E-state index >= 15 is 0 Å². The number of benzene rings is 2. The lowest BCUT2D eigenvalue weighted by Crippen LogP contribution is -2.45. The lowest BCUT2D eigenvalue weighted by Gasteiger charge is -2.35. The van der Waals surface area contributed by atoms with Crippen LogP contribution in [-0.4, -0.2) is 67.4 Å². The number of pyridine rings is 1. The molecule has 5 aromatic rings. The summed E-state index contributed by atoms with van der Waals surface area (Å²) in [6, 6.07) is 16.7. The van der Waals surface area contributed by atoms with Crippen molar-refractivity contribution in [3.05, 3.63) is 89.2 Å². The van der Waals surface area contributed by atoms with Gasteiger partial charge < -0.3 is 9.64 Å². The second-order valence-electron chi connectivity index (χ2n) is 12.8. The number of anilines is 1. The maximum absolute atomic E-state index is 14.3. The predicted molar refractivity (Wildman–Crippen MR) is 175 cm³/mol. The lowest BCUT2D eigenvalue weighted by molar-refractivity contribution is 0.0509. The van der Waals surface area contributed by atoms with Gasteiger partial charge in [0.15, 0.2) is 0 Å². The number of hydrogen-bond acceptors (Lipinski definition) is 10. The van der Waals surface area contributed by atoms with E-state index in [2.05, 4.69) is 61.1 Å². The minimum atomic E-state index is -4.18. The van der Waals surface area contributed by atoms with Crippen molar-refractivity contribution in [2.75, 3.05) is 11.3 Å². The van der Waals surface area contributed by atoms with E-state index in [0.29, 0.717) is 29.2 Å². The molecular weight excluding hydrogens is 618 g/mol. The number of aromatic nitrogens is 7. The van der Waals surface area contributed by atoms with E-state index in [1.54, 1.807) is 35.4 Å². The summed E-state index contributed by atoms with van der Waals surface area (Å²) in [5.41, 5.74) is 4.58. The van der Waals surface area contributed by atoms with Crippen LogP contribution in [0.4, 0.5) is 5.95 Å². The first kappa shape index (κ1) is 31.7. The molecule has 2 aromatic carbocycles. The molecule has 3 aromatic heterocycles. The number of carbonyl (C=O) groups excluding carboxylic acids is 1. The summed E-state index contributed by atoms with van der Waals surface area (Å²) in [7, 11) is -4.18. The van der Waals surface area contributed by atoms with E-state index in [-0.39, 0.29) is 46.8 Å². The van der Waals surface area contributed by atoms with E-state index in [1.165, 1.54) is 12.1 Å². The molecule has 6 rings (SSSR count). The van der Waals surface area contributed by atoms with Crippen molar-refractivity contribution in [3.63, 3.8) is 0 Å². The van der Waals surface area contributed by atoms with E-state index in [1.807, 2.05) is 38.1 Å². The van der Waals surface area contributed by atoms with Crippen LogP contribution in [0.3, 0.4) is 0 Å². The maximum Gasteiger partial charge on any atom is 0.264 e. The highest BCUT2D eigenvalue weighted by Crippen LogP contribution is 2.32. The molecule has 4 bridgehead atoms. The average Bonchev–Trinajstić information content (AvgIpc) is 3.56. The second-order valence-corrected chi connectivity index (χ2v) is 14.4. The van der Waals surface area contributed by atoms with Crippen LogP contribution in [0.15, 0.2) is 71.8 Å². The Kier molecular flexibility index (Phi) is 8.45. The minimum absolute atomic E-state index is 0.0824. The zero-order valence-electron chi connectivity index (χ0n) is 26.7. The largest absolute Gasteiger partial charge is 0.475 e. The van der Waals surface area contributed by atoms with Crippen LogP contribution in [0.5, 0.6) is 5.88 Å². The molecule has 0 spiro atoms. The van der Waals surface area contributed by atoms with Gasteiger partial charge in [-0.25, -0.2) is 18.1 Å². The first-order chi connectivity index (χ1) is 22.4. The summed E-state index contributed by atoms with van der Waals surface area (Å²) in [5, 5.41) is 14.0. The number of sulfonamides is 1. The van der Waals surface area contributed by atoms with Gasteiger partial charge in [0.25, 0.3) is 15.9 Å². The Hall–Kier alpha value is -5.24. The number of nitrogens with one attached hydrogen (secondary N) is 2. The summed E-state index contributed by atoms with van der Waals surface area (Å²) in [6.07, 6.45) is 2.19. The average molecular weight is 654 g/mol. The number of fused-ring (bicyclic) bond motifs is 4. The van der Waals surface area contributed by atoms with Crippen molar-refractivity contribution < 1.29 is 17.9 Å². The third-order valence-electron chi connectivity index (χ3n) is 7.79. The fourth-order valence-electron chi connectivity index (χ4n) is 5.66. The van der Waals surface area contributed by atoms with Crippen LogP contribution in [0.2, 0.25) is 0 Å². The van der Waals surface area contributed by atoms with E-state index in [0.717, 1.165) is 16.7 Å². The minimum Gasteiger partial charge on any atom is -0.475 e. The number of nitrogens with zero attached hydrogens (tertiary/aromatic N) is 7. The molecule has 0 radical (unpaired) electrons. The van der Waals surface area contributed by atoms with Crippen LogP contribution in [0.25, 0.3) is 22.6 Å². The molecule has 0 aliphatic carbocycles. The van der Waals surface area contributed by atoms with Crippen molar-refractivity contribution >= 4 is 21.9 Å². The van der Waals surface area contributed by atoms with Crippen LogP contribution in [0.1, 0.15) is 54.4 Å². The van der Waals surface area contributed by atoms with Gasteiger partial charge in [0.05, 0.1) is 28.9 Å². The first-order valence-electron chi connectivity index (χ1n) is 15.1. The Balaban J connectivity index is 1.46. The number of carbonyl (C=O) groups is 1. The summed E-state index contributed by atoms with van der Waals surface area (Å²) in [5.74, 6) is 0.0799. The molecule has 242 valence electrons. The van der Waals surface area contributed by atoms with Crippen LogP contribution >= 0.6 is 0 Å². The van der Waals surface area contributed by atoms with Gasteiger partial charge in [-0.05, 0) is 72.4 Å². The Morgan fingerprint density at radius 1 is 0.979 bits per heavy atom. The van der Waals surface area contributed by atoms with Crippen molar-refractivity contribution in [1.82, 2.24) is 40.5 Å². The second kappa shape index (κ2) is 12.5. The molecule has 1 amide bonds. The Bertz CT molecular complexity index is 2010. The molecule has 0 saturated carbocycles. The molecule has 0 unspecified atom stereocenters. The van der Waals surface area contributed by atoms with E-state index in [9.17, 15) is 13.2 Å². The van der Waals surface area contributed by atoms with Crippen LogP contribution in [-0.2, 0) is 16.6 Å². The van der Waals surface area contributed by atoms with Crippen LogP contribution in [0, 0.1) is 19.3 Å². The topological polar surface area (TPSA) is 169 Å². The SMILES string of the molecule is Cc1cccc(C)c1-c1cc2nc(n1)NS(=O)(=O)c1cccc(c1)C(=O)N(Cc1ccc(-c3nn[nH]n3)cn1)[C@H](CC(C)(C)C)CO2. The van der Waals surface area contributed by atoms with E-state index < -0.39 is 16.1 Å². The number of ether oxygens (including phenoxy) is 1. The van der Waals surface area contributed by atoms with Gasteiger partial charge in [-0.2, -0.15) is 10.2 Å². The van der Waals surface area contributed by atoms with Crippen molar-refractivity contribution in [1.29, 1.82) is 0 Å². The van der Waals surface area contributed by atoms with Gasteiger partial charge >= 0.3 is 0 Å². The molecule has 1 aliphatic rings. The number of hydrogen-bond donors (Lipinski definition) is 2. The van der Waals surface area contributed by atoms with Gasteiger partial charge in [-0.3, -0.25) is 9.78 Å². The fourth-order valence-corrected chi connectivity index (χ4v) is 6.64. The Labute approximate surface area is 272 Å². The zero-order chi connectivity index (χ0) is 33.3. The number of tetrazole rings is 1. The molecule has 0 saturated heterocycles. The first-order valence-corrected chi connectivity index (χ1v) is 16.6. The number of amides is 1. The summed E-state index contributed by atoms with van der Waals surface area (Å²) < 4.78 is 36.1. The standard InChI is InChI=1S/C33H35N9O4S/c1-20-8-6-9-21(2)29(20)27-15-28-36-32(35-27)39-47(44,45)26-11-7-10-22(14-26)31(43)42(25(19-46-28)16-33(3,4)5)18-24-13-12-23(17-34-24)30-37-40-41-38-30/h6-15,17,25H,16,18-19H2,1-5H3,(H,35,36,39)(H,37,38,40,41)/t25-/m1/s1. The smallest absolute Gasteiger partial charge is 0.264 e. The van der Waals surface area contributed by atoms with Gasteiger partial charge in [-0.1, -0.05) is 45.0 Å². The highest BCUT2D eigenvalue weighted by Gasteiger charge is 2.32. The maximum atomic E-state index is 14.3. The van der Waals surface area contributed by atoms with Gasteiger partial charge in [-0.15, -0.1) is 10.2 Å². The molecule has 0 fully saturated rings. The van der Waals surface area contributed by atoms with Gasteiger partial charge in [0, 0.05) is 29.0 Å². The number of aromatic amines is 1. The zero-order valence-corrected chi connectivity index (χ0v) is 27.5. The lowest BCUT2D eigenvalue weighted by atomic mass is 9.87. The quantitative estimate of drug-likeness (QED) is 0.264.